The van der Waals surface area contributed by atoms with Gasteiger partial charge < -0.3 is 4.90 Å². The van der Waals surface area contributed by atoms with Crippen molar-refractivity contribution in [1.82, 2.24) is 4.90 Å². The van der Waals surface area contributed by atoms with E-state index in [-0.39, 0.29) is 5.70 Å². The molecule has 0 aliphatic carbocycles. The molecule has 6 heteroatoms. The van der Waals surface area contributed by atoms with E-state index >= 15 is 0 Å². The molecule has 0 spiro atoms. The van der Waals surface area contributed by atoms with Crippen LogP contribution in [-0.2, 0) is 4.79 Å². The summed E-state index contributed by atoms with van der Waals surface area (Å²) in [5.74, 6) is -6.58. The van der Waals surface area contributed by atoms with Gasteiger partial charge in [0.1, 0.15) is 0 Å². The van der Waals surface area contributed by atoms with E-state index in [2.05, 4.69) is 0 Å². The Kier molecular flexibility index (Phi) is 4.69. The summed E-state index contributed by atoms with van der Waals surface area (Å²) in [7, 11) is 3.07. The van der Waals surface area contributed by atoms with Crippen LogP contribution in [0.5, 0.6) is 0 Å². The van der Waals surface area contributed by atoms with Gasteiger partial charge in [0.25, 0.3) is 0 Å². The number of rotatable bonds is 5. The van der Waals surface area contributed by atoms with Crippen LogP contribution in [0.4, 0.5) is 17.6 Å². The summed E-state index contributed by atoms with van der Waals surface area (Å²) < 4.78 is 50.0. The van der Waals surface area contributed by atoms with Gasteiger partial charge in [-0.1, -0.05) is 30.3 Å². The summed E-state index contributed by atoms with van der Waals surface area (Å²) in [4.78, 5) is 12.7. The number of benzene rings is 1. The second-order valence-electron chi connectivity index (χ2n) is 4.08. The predicted molar refractivity (Wildman–Crippen MR) is 64.1 cm³/mol. The van der Waals surface area contributed by atoms with Crippen LogP contribution in [-0.4, -0.2) is 37.1 Å². The molecular formula is C13H13F4NO. The topological polar surface area (TPSA) is 20.3 Å². The molecule has 0 aliphatic heterocycles. The number of ketones is 1. The highest BCUT2D eigenvalue weighted by Gasteiger charge is 2.47. The van der Waals surface area contributed by atoms with Crippen molar-refractivity contribution in [2.24, 2.45) is 0 Å². The number of nitrogens with zero attached hydrogens (tertiary/aromatic N) is 1. The number of halogens is 4. The zero-order valence-corrected chi connectivity index (χ0v) is 10.4. The number of allylic oxidation sites excluding steroid dienone is 1. The number of carbonyl (C=O) groups excluding carboxylic acids is 1. The van der Waals surface area contributed by atoms with Crippen molar-refractivity contribution in [3.8, 4) is 0 Å². The normalized spacial score (nSPS) is 12.7. The third-order valence-corrected chi connectivity index (χ3v) is 2.42. The van der Waals surface area contributed by atoms with Crippen molar-refractivity contribution in [3.63, 3.8) is 0 Å². The first-order valence-electron chi connectivity index (χ1n) is 5.41. The Morgan fingerprint density at radius 3 is 2.16 bits per heavy atom. The average molecular weight is 275 g/mol. The highest BCUT2D eigenvalue weighted by molar-refractivity contribution is 6.01. The smallest absolute Gasteiger partial charge is 0.368 e. The summed E-state index contributed by atoms with van der Waals surface area (Å²) in [6.07, 6.45) is -3.47. The molecule has 104 valence electrons. The van der Waals surface area contributed by atoms with Crippen LogP contribution in [0.1, 0.15) is 5.56 Å². The molecule has 0 N–H and O–H groups in total. The number of carbonyl (C=O) groups is 1. The average Bonchev–Trinajstić information content (AvgIpc) is 2.35. The van der Waals surface area contributed by atoms with E-state index in [1.807, 2.05) is 0 Å². The Morgan fingerprint density at radius 1 is 1.21 bits per heavy atom. The minimum absolute atomic E-state index is 0.144. The molecule has 19 heavy (non-hydrogen) atoms. The summed E-state index contributed by atoms with van der Waals surface area (Å²) in [5, 5.41) is 0. The molecule has 0 radical (unpaired) electrons. The van der Waals surface area contributed by atoms with Gasteiger partial charge in [-0.3, -0.25) is 4.79 Å². The van der Waals surface area contributed by atoms with E-state index in [1.165, 1.54) is 19.0 Å². The quantitative estimate of drug-likeness (QED) is 0.608. The summed E-state index contributed by atoms with van der Waals surface area (Å²) in [5.41, 5.74) is 0.636. The van der Waals surface area contributed by atoms with Crippen molar-refractivity contribution >= 4 is 11.5 Å². The zero-order chi connectivity index (χ0) is 14.6. The maximum absolute atomic E-state index is 12.9. The van der Waals surface area contributed by atoms with Gasteiger partial charge in [0.05, 0.1) is 0 Å². The summed E-state index contributed by atoms with van der Waals surface area (Å²) >= 11 is 0. The van der Waals surface area contributed by atoms with Crippen LogP contribution in [0.15, 0.2) is 36.4 Å². The van der Waals surface area contributed by atoms with Crippen LogP contribution in [0.2, 0.25) is 0 Å². The molecule has 0 aromatic heterocycles. The van der Waals surface area contributed by atoms with E-state index in [4.69, 9.17) is 0 Å². The highest BCUT2D eigenvalue weighted by atomic mass is 19.3. The lowest BCUT2D eigenvalue weighted by molar-refractivity contribution is -0.161. The lowest BCUT2D eigenvalue weighted by Crippen LogP contribution is -2.35. The maximum Gasteiger partial charge on any atom is 0.368 e. The fraction of sp³-hybridized carbons (Fsp3) is 0.308. The molecule has 0 amide bonds. The molecule has 0 saturated heterocycles. The largest absolute Gasteiger partial charge is 0.377 e. The van der Waals surface area contributed by atoms with Gasteiger partial charge in [-0.2, -0.15) is 8.78 Å². The molecule has 0 bridgehead atoms. The van der Waals surface area contributed by atoms with Crippen molar-refractivity contribution in [2.45, 2.75) is 12.3 Å². The first-order valence-corrected chi connectivity index (χ1v) is 5.41. The number of hydrogen-bond donors (Lipinski definition) is 0. The minimum Gasteiger partial charge on any atom is -0.377 e. The van der Waals surface area contributed by atoms with Crippen molar-refractivity contribution < 1.29 is 22.4 Å². The van der Waals surface area contributed by atoms with Gasteiger partial charge in [0.2, 0.25) is 5.78 Å². The number of hydrogen-bond acceptors (Lipinski definition) is 2. The van der Waals surface area contributed by atoms with Gasteiger partial charge in [0, 0.05) is 25.9 Å². The molecule has 0 fully saturated rings. The first kappa shape index (κ1) is 15.2. The fourth-order valence-electron chi connectivity index (χ4n) is 1.41. The lowest BCUT2D eigenvalue weighted by atomic mass is 10.1. The van der Waals surface area contributed by atoms with E-state index in [1.54, 1.807) is 30.3 Å². The first-order chi connectivity index (χ1) is 8.76. The molecule has 0 atom stereocenters. The zero-order valence-electron chi connectivity index (χ0n) is 10.4. The van der Waals surface area contributed by atoms with E-state index < -0.39 is 18.1 Å². The molecule has 0 saturated carbocycles. The molecule has 0 unspecified atom stereocenters. The molecule has 1 rings (SSSR count). The van der Waals surface area contributed by atoms with Crippen LogP contribution < -0.4 is 0 Å². The molecule has 2 nitrogen and oxygen atoms in total. The molecule has 1 aromatic rings. The van der Waals surface area contributed by atoms with Crippen molar-refractivity contribution in [2.75, 3.05) is 14.1 Å². The van der Waals surface area contributed by atoms with Crippen molar-refractivity contribution in [1.29, 1.82) is 0 Å². The highest BCUT2D eigenvalue weighted by Crippen LogP contribution is 2.26. The van der Waals surface area contributed by atoms with Crippen LogP contribution >= 0.6 is 0 Å². The van der Waals surface area contributed by atoms with E-state index in [9.17, 15) is 22.4 Å². The third kappa shape index (κ3) is 3.56. The van der Waals surface area contributed by atoms with Crippen LogP contribution in [0.3, 0.4) is 0 Å². The van der Waals surface area contributed by atoms with Crippen LogP contribution in [0, 0.1) is 0 Å². The maximum atomic E-state index is 12.9. The monoisotopic (exact) mass is 275 g/mol. The molecular weight excluding hydrogens is 262 g/mol. The predicted octanol–water partition coefficient (Wildman–Crippen LogP) is 3.06. The molecule has 1 aromatic carbocycles. The Morgan fingerprint density at radius 2 is 1.74 bits per heavy atom. The van der Waals surface area contributed by atoms with E-state index in [0.29, 0.717) is 11.6 Å². The minimum atomic E-state index is -4.67. The van der Waals surface area contributed by atoms with E-state index in [0.717, 1.165) is 0 Å². The Bertz CT molecular complexity index is 469. The SMILES string of the molecule is CN(C)/C(=C\C(=O)C(F)(F)C(F)F)c1ccccc1. The Hall–Kier alpha value is -1.85. The summed E-state index contributed by atoms with van der Waals surface area (Å²) in [6.45, 7) is 0. The summed E-state index contributed by atoms with van der Waals surface area (Å²) in [6, 6.07) is 8.22. The van der Waals surface area contributed by atoms with Gasteiger partial charge >= 0.3 is 12.3 Å². The second kappa shape index (κ2) is 5.86. The van der Waals surface area contributed by atoms with Gasteiger partial charge in [-0.25, -0.2) is 8.78 Å². The molecule has 0 heterocycles. The Labute approximate surface area is 108 Å². The number of alkyl halides is 4. The fourth-order valence-corrected chi connectivity index (χ4v) is 1.41. The second-order valence-corrected chi connectivity index (χ2v) is 4.08. The van der Waals surface area contributed by atoms with Crippen molar-refractivity contribution in [3.05, 3.63) is 42.0 Å². The standard InChI is InChI=1S/C13H13F4NO/c1-18(2)10(9-6-4-3-5-7-9)8-11(19)13(16,17)12(14)15/h3-8,12H,1-2H3/b10-8-. The molecule has 0 aliphatic rings. The lowest BCUT2D eigenvalue weighted by Gasteiger charge is -2.19. The van der Waals surface area contributed by atoms with Crippen LogP contribution in [0.25, 0.3) is 5.70 Å². The Balaban J connectivity index is 3.15. The third-order valence-electron chi connectivity index (χ3n) is 2.42. The van der Waals surface area contributed by atoms with Gasteiger partial charge in [-0.05, 0) is 5.56 Å². The van der Waals surface area contributed by atoms with Gasteiger partial charge in [-0.15, -0.1) is 0 Å². The van der Waals surface area contributed by atoms with Gasteiger partial charge in [0.15, 0.2) is 0 Å².